The SMILES string of the molecule is CCOC(=O)C1C2c3ccncc3C(c3cnccc32)C1C(=O)OCC. The van der Waals surface area contributed by atoms with Crippen molar-refractivity contribution in [3.05, 3.63) is 59.2 Å². The van der Waals surface area contributed by atoms with Gasteiger partial charge in [-0.15, -0.1) is 0 Å². The van der Waals surface area contributed by atoms with E-state index in [1.54, 1.807) is 38.6 Å². The number of esters is 2. The summed E-state index contributed by atoms with van der Waals surface area (Å²) in [6.07, 6.45) is 7.02. The molecule has 0 radical (unpaired) electrons. The number of ether oxygens (including phenoxy) is 2. The van der Waals surface area contributed by atoms with Gasteiger partial charge >= 0.3 is 11.9 Å². The summed E-state index contributed by atoms with van der Waals surface area (Å²) in [5.41, 5.74) is 4.00. The molecule has 0 fully saturated rings. The average Bonchev–Trinajstić information content (AvgIpc) is 2.67. The number of carbonyl (C=O) groups is 2. The Morgan fingerprint density at radius 1 is 0.808 bits per heavy atom. The molecule has 0 aromatic carbocycles. The van der Waals surface area contributed by atoms with E-state index >= 15 is 0 Å². The molecule has 2 aromatic rings. The van der Waals surface area contributed by atoms with Gasteiger partial charge in [0, 0.05) is 36.6 Å². The molecule has 3 aliphatic carbocycles. The van der Waals surface area contributed by atoms with E-state index in [-0.39, 0.29) is 37.0 Å². The van der Waals surface area contributed by atoms with Crippen molar-refractivity contribution >= 4 is 11.9 Å². The first-order valence-electron chi connectivity index (χ1n) is 8.89. The van der Waals surface area contributed by atoms with Crippen LogP contribution in [0.15, 0.2) is 36.9 Å². The maximum atomic E-state index is 12.9. The fourth-order valence-electron chi connectivity index (χ4n) is 4.49. The van der Waals surface area contributed by atoms with Crippen LogP contribution in [0.2, 0.25) is 0 Å². The molecule has 6 nitrogen and oxygen atoms in total. The zero-order chi connectivity index (χ0) is 18.3. The zero-order valence-electron chi connectivity index (χ0n) is 14.7. The first-order valence-corrected chi connectivity index (χ1v) is 8.89. The molecule has 2 atom stereocenters. The first-order chi connectivity index (χ1) is 12.7. The normalized spacial score (nSPS) is 25.2. The largest absolute Gasteiger partial charge is 0.466 e. The molecule has 0 spiro atoms. The summed E-state index contributed by atoms with van der Waals surface area (Å²) in [4.78, 5) is 34.2. The van der Waals surface area contributed by atoms with Crippen LogP contribution in [0.25, 0.3) is 0 Å². The summed E-state index contributed by atoms with van der Waals surface area (Å²) in [5.74, 6) is -2.53. The van der Waals surface area contributed by atoms with Crippen molar-refractivity contribution in [3.8, 4) is 0 Å². The summed E-state index contributed by atoms with van der Waals surface area (Å²) in [6, 6.07) is 3.87. The molecular formula is C20H20N2O4. The number of nitrogens with zero attached hydrogens (tertiary/aromatic N) is 2. The van der Waals surface area contributed by atoms with Gasteiger partial charge in [0.05, 0.1) is 25.0 Å². The van der Waals surface area contributed by atoms with E-state index in [9.17, 15) is 9.59 Å². The van der Waals surface area contributed by atoms with Crippen molar-refractivity contribution in [2.45, 2.75) is 25.7 Å². The Kier molecular flexibility index (Phi) is 4.18. The van der Waals surface area contributed by atoms with E-state index in [4.69, 9.17) is 9.47 Å². The van der Waals surface area contributed by atoms with E-state index in [0.717, 1.165) is 22.3 Å². The molecule has 0 N–H and O–H groups in total. The van der Waals surface area contributed by atoms with Crippen LogP contribution in [0.5, 0.6) is 0 Å². The highest BCUT2D eigenvalue weighted by Crippen LogP contribution is 2.58. The highest BCUT2D eigenvalue weighted by Gasteiger charge is 2.56. The minimum Gasteiger partial charge on any atom is -0.466 e. The monoisotopic (exact) mass is 352 g/mol. The Morgan fingerprint density at radius 2 is 1.23 bits per heavy atom. The first kappa shape index (κ1) is 16.7. The number of hydrogen-bond acceptors (Lipinski definition) is 6. The molecule has 6 heteroatoms. The molecule has 5 rings (SSSR count). The lowest BCUT2D eigenvalue weighted by molar-refractivity contribution is -0.163. The number of hydrogen-bond donors (Lipinski definition) is 0. The van der Waals surface area contributed by atoms with Gasteiger partial charge in [0.1, 0.15) is 0 Å². The summed E-state index contributed by atoms with van der Waals surface area (Å²) in [6.45, 7) is 4.08. The second kappa shape index (κ2) is 6.52. The van der Waals surface area contributed by atoms with Crippen LogP contribution < -0.4 is 0 Å². The Bertz CT molecular complexity index is 749. The third kappa shape index (κ3) is 2.32. The molecule has 3 aliphatic rings. The molecule has 0 amide bonds. The Morgan fingerprint density at radius 3 is 1.65 bits per heavy atom. The van der Waals surface area contributed by atoms with Crippen LogP contribution in [0.1, 0.15) is 47.9 Å². The second-order valence-electron chi connectivity index (χ2n) is 6.52. The lowest BCUT2D eigenvalue weighted by Crippen LogP contribution is -2.48. The highest BCUT2D eigenvalue weighted by molar-refractivity contribution is 5.87. The minimum absolute atomic E-state index is 0.260. The Labute approximate surface area is 151 Å². The molecule has 2 unspecified atom stereocenters. The van der Waals surface area contributed by atoms with Gasteiger partial charge in [0.2, 0.25) is 0 Å². The van der Waals surface area contributed by atoms with Gasteiger partial charge in [-0.1, -0.05) is 0 Å². The molecule has 0 aliphatic heterocycles. The summed E-state index contributed by atoms with van der Waals surface area (Å²) in [5, 5.41) is 0. The second-order valence-corrected chi connectivity index (χ2v) is 6.52. The molecule has 0 saturated heterocycles. The van der Waals surface area contributed by atoms with E-state index in [0.29, 0.717) is 0 Å². The van der Waals surface area contributed by atoms with Crippen LogP contribution in [0, 0.1) is 11.8 Å². The van der Waals surface area contributed by atoms with Crippen LogP contribution in [0.4, 0.5) is 0 Å². The molecule has 2 bridgehead atoms. The molecule has 2 heterocycles. The van der Waals surface area contributed by atoms with E-state index < -0.39 is 11.8 Å². The third-order valence-corrected chi connectivity index (χ3v) is 5.34. The Hall–Kier alpha value is -2.76. The van der Waals surface area contributed by atoms with Crippen LogP contribution in [-0.2, 0) is 19.1 Å². The fraction of sp³-hybridized carbons (Fsp3) is 0.400. The lowest BCUT2D eigenvalue weighted by Gasteiger charge is -2.47. The molecule has 134 valence electrons. The van der Waals surface area contributed by atoms with Gasteiger partial charge in [0.25, 0.3) is 0 Å². The van der Waals surface area contributed by atoms with Crippen molar-refractivity contribution in [2.75, 3.05) is 13.2 Å². The van der Waals surface area contributed by atoms with E-state index in [1.165, 1.54) is 0 Å². The topological polar surface area (TPSA) is 78.4 Å². The van der Waals surface area contributed by atoms with Crippen LogP contribution >= 0.6 is 0 Å². The zero-order valence-corrected chi connectivity index (χ0v) is 14.7. The maximum absolute atomic E-state index is 12.9. The molecular weight excluding hydrogens is 332 g/mol. The van der Waals surface area contributed by atoms with Gasteiger partial charge in [0.15, 0.2) is 0 Å². The standard InChI is InChI=1S/C20H20N2O4/c1-3-25-19(23)17-15-11-5-7-21-9-13(11)16(18(17)20(24)26-4-2)14-10-22-8-6-12(14)15/h5-10,15-18H,3-4H2,1-2H3. The molecule has 2 aromatic heterocycles. The van der Waals surface area contributed by atoms with E-state index in [2.05, 4.69) is 9.97 Å². The third-order valence-electron chi connectivity index (χ3n) is 5.34. The van der Waals surface area contributed by atoms with Gasteiger partial charge in [-0.05, 0) is 48.2 Å². The van der Waals surface area contributed by atoms with Crippen molar-refractivity contribution in [1.29, 1.82) is 0 Å². The average molecular weight is 352 g/mol. The van der Waals surface area contributed by atoms with Gasteiger partial charge < -0.3 is 9.47 Å². The smallest absolute Gasteiger partial charge is 0.310 e. The number of fused-ring (bicyclic) bond motifs is 1. The number of rotatable bonds is 4. The quantitative estimate of drug-likeness (QED) is 0.787. The van der Waals surface area contributed by atoms with Crippen LogP contribution in [0.3, 0.4) is 0 Å². The lowest BCUT2D eigenvalue weighted by atomic mass is 9.54. The van der Waals surface area contributed by atoms with Crippen LogP contribution in [-0.4, -0.2) is 35.1 Å². The van der Waals surface area contributed by atoms with Crippen molar-refractivity contribution in [1.82, 2.24) is 9.97 Å². The minimum atomic E-state index is -0.632. The number of aromatic nitrogens is 2. The molecule has 26 heavy (non-hydrogen) atoms. The summed E-state index contributed by atoms with van der Waals surface area (Å²) < 4.78 is 10.7. The Balaban J connectivity index is 1.94. The predicted molar refractivity (Wildman–Crippen MR) is 92.4 cm³/mol. The van der Waals surface area contributed by atoms with Gasteiger partial charge in [-0.3, -0.25) is 19.6 Å². The van der Waals surface area contributed by atoms with Crippen molar-refractivity contribution < 1.29 is 19.1 Å². The number of carbonyl (C=O) groups excluding carboxylic acids is 2. The van der Waals surface area contributed by atoms with Crippen molar-refractivity contribution in [3.63, 3.8) is 0 Å². The maximum Gasteiger partial charge on any atom is 0.310 e. The summed E-state index contributed by atoms with van der Waals surface area (Å²) in [7, 11) is 0. The van der Waals surface area contributed by atoms with E-state index in [1.807, 2.05) is 12.1 Å². The molecule has 0 saturated carbocycles. The number of pyridine rings is 2. The predicted octanol–water partition coefficient (Wildman–Crippen LogP) is 2.43. The fourth-order valence-corrected chi connectivity index (χ4v) is 4.49. The summed E-state index contributed by atoms with van der Waals surface area (Å²) >= 11 is 0. The van der Waals surface area contributed by atoms with Gasteiger partial charge in [-0.25, -0.2) is 0 Å². The highest BCUT2D eigenvalue weighted by atomic mass is 16.5. The van der Waals surface area contributed by atoms with Crippen molar-refractivity contribution in [2.24, 2.45) is 11.8 Å². The van der Waals surface area contributed by atoms with Gasteiger partial charge in [-0.2, -0.15) is 0 Å².